The predicted molar refractivity (Wildman–Crippen MR) is 76.0 cm³/mol. The van der Waals surface area contributed by atoms with Gasteiger partial charge in [-0.3, -0.25) is 4.79 Å². The van der Waals surface area contributed by atoms with Crippen LogP contribution in [0.1, 0.15) is 11.1 Å². The summed E-state index contributed by atoms with van der Waals surface area (Å²) in [6, 6.07) is 19.6. The standard InChI is InChI=1S/C17H14O.2Pd/c18-17(13-11-15-7-3-1-4-8-15)14-12-16-9-5-2-6-10-16;;/h1-14H;;. The summed E-state index contributed by atoms with van der Waals surface area (Å²) < 4.78 is 0. The molecule has 0 radical (unpaired) electrons. The molecule has 0 unspecified atom stereocenters. The number of carbonyl (C=O) groups excluding carboxylic acids is 1. The minimum absolute atomic E-state index is 0. The van der Waals surface area contributed by atoms with Crippen molar-refractivity contribution in [1.29, 1.82) is 0 Å². The Morgan fingerprint density at radius 3 is 1.35 bits per heavy atom. The van der Waals surface area contributed by atoms with E-state index in [1.54, 1.807) is 12.2 Å². The molecule has 0 spiro atoms. The SMILES string of the molecule is O=C(C=Cc1ccccc1)C=Cc1ccccc1.[Pd].[Pd]. The largest absolute Gasteiger partial charge is 0.290 e. The first kappa shape index (κ1) is 18.9. The van der Waals surface area contributed by atoms with E-state index in [0.29, 0.717) is 0 Å². The predicted octanol–water partition coefficient (Wildman–Crippen LogP) is 3.98. The Kier molecular flexibility index (Phi) is 10.1. The van der Waals surface area contributed by atoms with Crippen molar-refractivity contribution in [3.63, 3.8) is 0 Å². The molecule has 2 rings (SSSR count). The van der Waals surface area contributed by atoms with Crippen molar-refractivity contribution in [3.05, 3.63) is 83.9 Å². The molecule has 0 aromatic heterocycles. The van der Waals surface area contributed by atoms with E-state index in [2.05, 4.69) is 0 Å². The van der Waals surface area contributed by atoms with Crippen molar-refractivity contribution in [3.8, 4) is 0 Å². The van der Waals surface area contributed by atoms with Crippen molar-refractivity contribution < 1.29 is 45.6 Å². The molecule has 0 bridgehead atoms. The molecule has 0 aliphatic heterocycles. The molecule has 0 N–H and O–H groups in total. The second kappa shape index (κ2) is 10.7. The molecule has 108 valence electrons. The summed E-state index contributed by atoms with van der Waals surface area (Å²) in [5, 5.41) is 0. The Balaban J connectivity index is 0.00000180. The summed E-state index contributed by atoms with van der Waals surface area (Å²) in [5.41, 5.74) is 2.05. The zero-order valence-corrected chi connectivity index (χ0v) is 13.7. The van der Waals surface area contributed by atoms with Crippen LogP contribution in [0.4, 0.5) is 0 Å². The quantitative estimate of drug-likeness (QED) is 0.512. The van der Waals surface area contributed by atoms with Gasteiger partial charge >= 0.3 is 0 Å². The first-order chi connectivity index (χ1) is 8.84. The number of allylic oxidation sites excluding steroid dienone is 2. The number of hydrogen-bond acceptors (Lipinski definition) is 1. The number of hydrogen-bond donors (Lipinski definition) is 0. The third-order valence-electron chi connectivity index (χ3n) is 2.48. The van der Waals surface area contributed by atoms with Gasteiger partial charge in [0.1, 0.15) is 0 Å². The molecular formula is C17H14OPd2. The van der Waals surface area contributed by atoms with Crippen LogP contribution in [0.25, 0.3) is 12.2 Å². The zero-order chi connectivity index (χ0) is 12.6. The molecule has 0 saturated carbocycles. The maximum absolute atomic E-state index is 11.6. The third-order valence-corrected chi connectivity index (χ3v) is 2.48. The maximum Gasteiger partial charge on any atom is 0.178 e. The first-order valence-electron chi connectivity index (χ1n) is 5.85. The van der Waals surface area contributed by atoms with Gasteiger partial charge in [0.25, 0.3) is 0 Å². The van der Waals surface area contributed by atoms with Crippen LogP contribution < -0.4 is 0 Å². The van der Waals surface area contributed by atoms with Crippen LogP contribution in [0.5, 0.6) is 0 Å². The molecule has 2 aromatic carbocycles. The summed E-state index contributed by atoms with van der Waals surface area (Å²) in [7, 11) is 0. The third kappa shape index (κ3) is 6.90. The molecular weight excluding hydrogens is 433 g/mol. The average molecular weight is 447 g/mol. The molecule has 1 nitrogen and oxygen atoms in total. The molecule has 0 amide bonds. The van der Waals surface area contributed by atoms with Gasteiger partial charge in [0.15, 0.2) is 5.78 Å². The Labute approximate surface area is 147 Å². The van der Waals surface area contributed by atoms with Crippen LogP contribution in [0.2, 0.25) is 0 Å². The van der Waals surface area contributed by atoms with Gasteiger partial charge in [-0.15, -0.1) is 0 Å². The molecule has 0 aliphatic rings. The molecule has 0 heterocycles. The van der Waals surface area contributed by atoms with E-state index in [-0.39, 0.29) is 46.6 Å². The van der Waals surface area contributed by atoms with Crippen LogP contribution in [0.3, 0.4) is 0 Å². The Hall–Kier alpha value is -1.09. The Bertz CT molecular complexity index is 509. The Morgan fingerprint density at radius 2 is 1.00 bits per heavy atom. The normalized spacial score (nSPS) is 10.0. The minimum atomic E-state index is -0.0114. The van der Waals surface area contributed by atoms with E-state index >= 15 is 0 Å². The molecule has 0 atom stereocenters. The fourth-order valence-corrected chi connectivity index (χ4v) is 1.54. The first-order valence-corrected chi connectivity index (χ1v) is 5.85. The zero-order valence-electron chi connectivity index (χ0n) is 10.6. The summed E-state index contributed by atoms with van der Waals surface area (Å²) in [6.45, 7) is 0. The Morgan fingerprint density at radius 1 is 0.650 bits per heavy atom. The second-order valence-corrected chi connectivity index (χ2v) is 3.89. The van der Waals surface area contributed by atoms with E-state index in [4.69, 9.17) is 0 Å². The van der Waals surface area contributed by atoms with Gasteiger partial charge in [-0.05, 0) is 23.3 Å². The van der Waals surface area contributed by atoms with E-state index in [1.165, 1.54) is 0 Å². The fraction of sp³-hybridized carbons (Fsp3) is 0. The van der Waals surface area contributed by atoms with Crippen LogP contribution in [-0.4, -0.2) is 5.78 Å². The van der Waals surface area contributed by atoms with Crippen molar-refractivity contribution in [2.75, 3.05) is 0 Å². The molecule has 3 heteroatoms. The van der Waals surface area contributed by atoms with Gasteiger partial charge in [0.2, 0.25) is 0 Å². The van der Waals surface area contributed by atoms with Gasteiger partial charge < -0.3 is 0 Å². The molecule has 2 aromatic rings. The minimum Gasteiger partial charge on any atom is -0.290 e. The van der Waals surface area contributed by atoms with Crippen LogP contribution in [0.15, 0.2) is 72.8 Å². The summed E-state index contributed by atoms with van der Waals surface area (Å²) in [4.78, 5) is 11.6. The number of benzene rings is 2. The number of rotatable bonds is 4. The smallest absolute Gasteiger partial charge is 0.178 e. The van der Waals surface area contributed by atoms with Crippen molar-refractivity contribution in [2.45, 2.75) is 0 Å². The summed E-state index contributed by atoms with van der Waals surface area (Å²) in [5.74, 6) is -0.0114. The van der Waals surface area contributed by atoms with Gasteiger partial charge in [-0.2, -0.15) is 0 Å². The van der Waals surface area contributed by atoms with Gasteiger partial charge in [-0.1, -0.05) is 72.8 Å². The monoisotopic (exact) mass is 446 g/mol. The second-order valence-electron chi connectivity index (χ2n) is 3.89. The van der Waals surface area contributed by atoms with E-state index in [0.717, 1.165) is 11.1 Å². The maximum atomic E-state index is 11.6. The molecule has 20 heavy (non-hydrogen) atoms. The molecule has 0 aliphatic carbocycles. The molecule has 0 fully saturated rings. The average Bonchev–Trinajstić information content (AvgIpc) is 2.45. The van der Waals surface area contributed by atoms with E-state index in [1.807, 2.05) is 72.8 Å². The fourth-order valence-electron chi connectivity index (χ4n) is 1.54. The van der Waals surface area contributed by atoms with E-state index < -0.39 is 0 Å². The van der Waals surface area contributed by atoms with Crippen molar-refractivity contribution in [1.82, 2.24) is 0 Å². The van der Waals surface area contributed by atoms with Crippen molar-refractivity contribution >= 4 is 17.9 Å². The topological polar surface area (TPSA) is 17.1 Å². The van der Waals surface area contributed by atoms with E-state index in [9.17, 15) is 4.79 Å². The van der Waals surface area contributed by atoms with Crippen LogP contribution in [0, 0.1) is 0 Å². The van der Waals surface area contributed by atoms with Crippen LogP contribution >= 0.6 is 0 Å². The molecule has 0 saturated heterocycles. The summed E-state index contributed by atoms with van der Waals surface area (Å²) >= 11 is 0. The van der Waals surface area contributed by atoms with Crippen molar-refractivity contribution in [2.24, 2.45) is 0 Å². The van der Waals surface area contributed by atoms with Gasteiger partial charge in [0, 0.05) is 40.8 Å². The number of carbonyl (C=O) groups is 1. The van der Waals surface area contributed by atoms with Crippen LogP contribution in [-0.2, 0) is 45.6 Å². The van der Waals surface area contributed by atoms with Gasteiger partial charge in [0.05, 0.1) is 0 Å². The van der Waals surface area contributed by atoms with Gasteiger partial charge in [-0.25, -0.2) is 0 Å². The summed E-state index contributed by atoms with van der Waals surface area (Å²) in [6.07, 6.45) is 6.79. The number of ketones is 1.